The molecule has 1 unspecified atom stereocenters. The van der Waals surface area contributed by atoms with Gasteiger partial charge < -0.3 is 0 Å². The molecule has 1 saturated heterocycles. The van der Waals surface area contributed by atoms with Gasteiger partial charge >= 0.3 is 0 Å². The van der Waals surface area contributed by atoms with Gasteiger partial charge in [0.1, 0.15) is 0 Å². The molecule has 0 spiro atoms. The lowest BCUT2D eigenvalue weighted by atomic mass is 10.1. The average molecular weight is 301 g/mol. The summed E-state index contributed by atoms with van der Waals surface area (Å²) in [4.78, 5) is 14.8. The summed E-state index contributed by atoms with van der Waals surface area (Å²) in [6.07, 6.45) is 1.33. The van der Waals surface area contributed by atoms with E-state index in [0.717, 1.165) is 17.8 Å². The number of rotatable bonds is 5. The van der Waals surface area contributed by atoms with E-state index in [4.69, 9.17) is 0 Å². The number of thiophene rings is 1. The Labute approximate surface area is 118 Å². The van der Waals surface area contributed by atoms with E-state index in [1.54, 1.807) is 0 Å². The number of carbonyl (C=O) groups excluding carboxylic acids is 1. The van der Waals surface area contributed by atoms with Gasteiger partial charge in [0.15, 0.2) is 15.6 Å². The number of hydrogen-bond acceptors (Lipinski definition) is 5. The first-order valence-corrected chi connectivity index (χ1v) is 9.19. The molecule has 6 heteroatoms. The van der Waals surface area contributed by atoms with Crippen molar-refractivity contribution in [2.45, 2.75) is 25.8 Å². The average Bonchev–Trinajstić information content (AvgIpc) is 2.84. The smallest absolute Gasteiger partial charge is 0.172 e. The number of carbonyl (C=O) groups is 1. The lowest BCUT2D eigenvalue weighted by Crippen LogP contribution is -2.47. The summed E-state index contributed by atoms with van der Waals surface area (Å²) in [5.41, 5.74) is 0. The highest BCUT2D eigenvalue weighted by Gasteiger charge is 2.27. The summed E-state index contributed by atoms with van der Waals surface area (Å²) in [6, 6.07) is 3.80. The van der Waals surface area contributed by atoms with Crippen LogP contribution in [0.25, 0.3) is 0 Å². The van der Waals surface area contributed by atoms with Crippen molar-refractivity contribution >= 4 is 27.0 Å². The summed E-state index contributed by atoms with van der Waals surface area (Å²) in [5.74, 6) is 0.675. The van der Waals surface area contributed by atoms with Crippen LogP contribution in [0, 0.1) is 0 Å². The van der Waals surface area contributed by atoms with Crippen LogP contribution in [-0.4, -0.2) is 49.7 Å². The maximum atomic E-state index is 11.8. The Hall–Kier alpha value is -0.720. The van der Waals surface area contributed by atoms with Gasteiger partial charge in [0.2, 0.25) is 0 Å². The Morgan fingerprint density at radius 2 is 2.32 bits per heavy atom. The molecule has 106 valence electrons. The fourth-order valence-electron chi connectivity index (χ4n) is 2.37. The number of ketones is 1. The molecule has 0 radical (unpaired) electrons. The van der Waals surface area contributed by atoms with Gasteiger partial charge in [-0.25, -0.2) is 8.42 Å². The molecular formula is C13H19NO3S2. The largest absolute Gasteiger partial charge is 0.299 e. The standard InChI is InChI=1S/C13H19NO3S2/c1-11-10-19(16,17)9-7-14(11)6-2-4-12(15)13-5-3-8-18-13/h3,5,8,11H,2,4,6-7,9-10H2,1H3. The lowest BCUT2D eigenvalue weighted by molar-refractivity contribution is 0.0976. The summed E-state index contributed by atoms with van der Waals surface area (Å²) >= 11 is 1.47. The maximum Gasteiger partial charge on any atom is 0.172 e. The molecule has 2 rings (SSSR count). The predicted octanol–water partition coefficient (Wildman–Crippen LogP) is 1.83. The SMILES string of the molecule is CC1CS(=O)(=O)CCN1CCCC(=O)c1cccs1. The van der Waals surface area contributed by atoms with Crippen molar-refractivity contribution in [3.8, 4) is 0 Å². The summed E-state index contributed by atoms with van der Waals surface area (Å²) in [5, 5.41) is 1.91. The minimum Gasteiger partial charge on any atom is -0.299 e. The fraction of sp³-hybridized carbons (Fsp3) is 0.615. The highest BCUT2D eigenvalue weighted by molar-refractivity contribution is 7.91. The summed E-state index contributed by atoms with van der Waals surface area (Å²) in [7, 11) is -2.85. The first kappa shape index (κ1) is 14.7. The van der Waals surface area contributed by atoms with Gasteiger partial charge in [0, 0.05) is 19.0 Å². The van der Waals surface area contributed by atoms with Gasteiger partial charge in [-0.3, -0.25) is 9.69 Å². The zero-order valence-corrected chi connectivity index (χ0v) is 12.7. The van der Waals surface area contributed by atoms with E-state index in [0.29, 0.717) is 13.0 Å². The van der Waals surface area contributed by atoms with Crippen LogP contribution in [0.4, 0.5) is 0 Å². The van der Waals surface area contributed by atoms with Gasteiger partial charge in [-0.15, -0.1) is 11.3 Å². The Kier molecular flexibility index (Phi) is 4.76. The third kappa shape index (κ3) is 4.12. The van der Waals surface area contributed by atoms with Crippen molar-refractivity contribution < 1.29 is 13.2 Å². The van der Waals surface area contributed by atoms with Gasteiger partial charge in [-0.2, -0.15) is 0 Å². The third-order valence-electron chi connectivity index (χ3n) is 3.45. The minimum atomic E-state index is -2.85. The second-order valence-corrected chi connectivity index (χ2v) is 8.18. The van der Waals surface area contributed by atoms with Crippen LogP contribution in [0.1, 0.15) is 29.4 Å². The second kappa shape index (κ2) is 6.15. The second-order valence-electron chi connectivity index (χ2n) is 5.00. The molecule has 1 aliphatic heterocycles. The molecule has 0 saturated carbocycles. The van der Waals surface area contributed by atoms with Crippen LogP contribution < -0.4 is 0 Å². The minimum absolute atomic E-state index is 0.0654. The number of Topliss-reactive ketones (excluding diaryl/α,β-unsaturated/α-hetero) is 1. The predicted molar refractivity (Wildman–Crippen MR) is 77.6 cm³/mol. The van der Waals surface area contributed by atoms with Gasteiger partial charge in [0.05, 0.1) is 16.4 Å². The molecule has 4 nitrogen and oxygen atoms in total. The van der Waals surface area contributed by atoms with Crippen molar-refractivity contribution in [3.05, 3.63) is 22.4 Å². The van der Waals surface area contributed by atoms with Crippen LogP contribution in [0.5, 0.6) is 0 Å². The molecule has 1 atom stereocenters. The van der Waals surface area contributed by atoms with E-state index >= 15 is 0 Å². The molecule has 1 aromatic rings. The number of nitrogens with zero attached hydrogens (tertiary/aromatic N) is 1. The highest BCUT2D eigenvalue weighted by atomic mass is 32.2. The van der Waals surface area contributed by atoms with Gasteiger partial charge in [0.25, 0.3) is 0 Å². The number of sulfone groups is 1. The molecule has 1 aromatic heterocycles. The molecule has 0 aliphatic carbocycles. The molecule has 0 aromatic carbocycles. The van der Waals surface area contributed by atoms with Crippen LogP contribution in [0.2, 0.25) is 0 Å². The quantitative estimate of drug-likeness (QED) is 0.779. The van der Waals surface area contributed by atoms with Crippen molar-refractivity contribution in [2.75, 3.05) is 24.6 Å². The van der Waals surface area contributed by atoms with Crippen LogP contribution in [0.3, 0.4) is 0 Å². The third-order valence-corrected chi connectivity index (χ3v) is 6.16. The van der Waals surface area contributed by atoms with E-state index < -0.39 is 9.84 Å². The van der Waals surface area contributed by atoms with Crippen LogP contribution in [-0.2, 0) is 9.84 Å². The molecule has 0 N–H and O–H groups in total. The molecule has 0 bridgehead atoms. The van der Waals surface area contributed by atoms with Crippen molar-refractivity contribution in [2.24, 2.45) is 0 Å². The summed E-state index contributed by atoms with van der Waals surface area (Å²) in [6.45, 7) is 3.34. The molecule has 1 aliphatic rings. The summed E-state index contributed by atoms with van der Waals surface area (Å²) < 4.78 is 22.9. The Morgan fingerprint density at radius 1 is 1.53 bits per heavy atom. The molecule has 1 fully saturated rings. The molecule has 2 heterocycles. The van der Waals surface area contributed by atoms with Crippen LogP contribution in [0.15, 0.2) is 17.5 Å². The van der Waals surface area contributed by atoms with E-state index in [1.165, 1.54) is 11.3 Å². The van der Waals surface area contributed by atoms with Gasteiger partial charge in [-0.1, -0.05) is 6.07 Å². The Bertz CT molecular complexity index is 522. The maximum absolute atomic E-state index is 11.8. The molecular weight excluding hydrogens is 282 g/mol. The topological polar surface area (TPSA) is 54.5 Å². The van der Waals surface area contributed by atoms with Crippen molar-refractivity contribution in [3.63, 3.8) is 0 Å². The van der Waals surface area contributed by atoms with Crippen LogP contribution >= 0.6 is 11.3 Å². The molecule has 0 amide bonds. The van der Waals surface area contributed by atoms with E-state index in [-0.39, 0.29) is 23.3 Å². The lowest BCUT2D eigenvalue weighted by Gasteiger charge is -2.32. The Balaban J connectivity index is 1.76. The Morgan fingerprint density at radius 3 is 2.95 bits per heavy atom. The van der Waals surface area contributed by atoms with Crippen molar-refractivity contribution in [1.82, 2.24) is 4.90 Å². The first-order chi connectivity index (χ1) is 8.98. The first-order valence-electron chi connectivity index (χ1n) is 6.49. The van der Waals surface area contributed by atoms with E-state index in [2.05, 4.69) is 4.90 Å². The zero-order chi connectivity index (χ0) is 13.9. The van der Waals surface area contributed by atoms with E-state index in [9.17, 15) is 13.2 Å². The number of hydrogen-bond donors (Lipinski definition) is 0. The fourth-order valence-corrected chi connectivity index (χ4v) is 4.69. The van der Waals surface area contributed by atoms with Gasteiger partial charge in [-0.05, 0) is 31.3 Å². The van der Waals surface area contributed by atoms with Crippen molar-refractivity contribution in [1.29, 1.82) is 0 Å². The highest BCUT2D eigenvalue weighted by Crippen LogP contribution is 2.15. The normalized spacial score (nSPS) is 23.3. The molecule has 19 heavy (non-hydrogen) atoms. The monoisotopic (exact) mass is 301 g/mol. The zero-order valence-electron chi connectivity index (χ0n) is 11.0. The van der Waals surface area contributed by atoms with E-state index in [1.807, 2.05) is 24.4 Å².